The summed E-state index contributed by atoms with van der Waals surface area (Å²) in [5.74, 6) is 0.0736. The largest absolute Gasteiger partial charge is 0.351 e. The number of halogens is 1. The summed E-state index contributed by atoms with van der Waals surface area (Å²) in [4.78, 5) is 11.6. The van der Waals surface area contributed by atoms with Gasteiger partial charge in [0.1, 0.15) is 0 Å². The Kier molecular flexibility index (Phi) is 5.21. The number of carbonyl (C=O) groups excluding carboxylic acids is 1. The molecule has 0 heterocycles. The molecule has 1 aromatic rings. The van der Waals surface area contributed by atoms with Crippen LogP contribution in [0.2, 0.25) is 0 Å². The number of nitrogens with one attached hydrogen (secondary N) is 1. The van der Waals surface area contributed by atoms with Crippen molar-refractivity contribution in [2.45, 2.75) is 26.4 Å². The highest BCUT2D eigenvalue weighted by Gasteiger charge is 2.16. The molecule has 0 spiro atoms. The maximum Gasteiger partial charge on any atom is 0.237 e. The molecule has 1 amide bonds. The van der Waals surface area contributed by atoms with Gasteiger partial charge in [-0.1, -0.05) is 32.0 Å². The highest BCUT2D eigenvalue weighted by atomic mass is 127. The molecule has 88 valence electrons. The number of rotatable bonds is 4. The minimum absolute atomic E-state index is 0.0883. The Morgan fingerprint density at radius 3 is 2.62 bits per heavy atom. The minimum atomic E-state index is -0.429. The van der Waals surface area contributed by atoms with Crippen molar-refractivity contribution < 1.29 is 4.79 Å². The zero-order valence-electron chi connectivity index (χ0n) is 9.53. The van der Waals surface area contributed by atoms with Gasteiger partial charge < -0.3 is 11.1 Å². The second kappa shape index (κ2) is 6.20. The first kappa shape index (κ1) is 13.4. The van der Waals surface area contributed by atoms with Crippen molar-refractivity contribution in [3.8, 4) is 0 Å². The third kappa shape index (κ3) is 3.75. The predicted molar refractivity (Wildman–Crippen MR) is 73.8 cm³/mol. The van der Waals surface area contributed by atoms with Gasteiger partial charge >= 0.3 is 0 Å². The number of nitrogens with two attached hydrogens (primary N) is 1. The SMILES string of the molecule is CC(C)C(N)C(=O)NCc1ccccc1I. The lowest BCUT2D eigenvalue weighted by molar-refractivity contribution is -0.123. The summed E-state index contributed by atoms with van der Waals surface area (Å²) in [5.41, 5.74) is 6.87. The van der Waals surface area contributed by atoms with Gasteiger partial charge in [0, 0.05) is 10.1 Å². The van der Waals surface area contributed by atoms with Crippen LogP contribution in [0.4, 0.5) is 0 Å². The van der Waals surface area contributed by atoms with E-state index in [1.807, 2.05) is 38.1 Å². The van der Waals surface area contributed by atoms with Gasteiger partial charge in [0.15, 0.2) is 0 Å². The van der Waals surface area contributed by atoms with Crippen LogP contribution < -0.4 is 11.1 Å². The molecular formula is C12H17IN2O. The minimum Gasteiger partial charge on any atom is -0.351 e. The first-order chi connectivity index (χ1) is 7.52. The van der Waals surface area contributed by atoms with E-state index in [2.05, 4.69) is 27.9 Å². The quantitative estimate of drug-likeness (QED) is 0.828. The molecule has 1 aromatic carbocycles. The molecule has 3 nitrogen and oxygen atoms in total. The highest BCUT2D eigenvalue weighted by molar-refractivity contribution is 14.1. The van der Waals surface area contributed by atoms with Crippen LogP contribution >= 0.6 is 22.6 Å². The monoisotopic (exact) mass is 332 g/mol. The number of carbonyl (C=O) groups is 1. The van der Waals surface area contributed by atoms with Crippen LogP contribution in [0.25, 0.3) is 0 Å². The summed E-state index contributed by atoms with van der Waals surface area (Å²) in [5, 5.41) is 2.85. The molecule has 0 saturated carbocycles. The van der Waals surface area contributed by atoms with E-state index in [1.54, 1.807) is 0 Å². The van der Waals surface area contributed by atoms with Gasteiger partial charge in [-0.2, -0.15) is 0 Å². The molecule has 3 N–H and O–H groups in total. The third-order valence-electron chi connectivity index (χ3n) is 2.43. The molecule has 0 fully saturated rings. The van der Waals surface area contributed by atoms with E-state index < -0.39 is 6.04 Å². The number of benzene rings is 1. The molecule has 1 atom stereocenters. The molecule has 4 heteroatoms. The maximum atomic E-state index is 11.6. The van der Waals surface area contributed by atoms with Crippen LogP contribution in [0.5, 0.6) is 0 Å². The molecule has 0 bridgehead atoms. The fourth-order valence-corrected chi connectivity index (χ4v) is 1.82. The number of hydrogen-bond acceptors (Lipinski definition) is 2. The second-order valence-electron chi connectivity index (χ2n) is 4.08. The zero-order valence-corrected chi connectivity index (χ0v) is 11.7. The number of hydrogen-bond donors (Lipinski definition) is 2. The third-order valence-corrected chi connectivity index (χ3v) is 3.48. The zero-order chi connectivity index (χ0) is 12.1. The fourth-order valence-electron chi connectivity index (χ4n) is 1.24. The Balaban J connectivity index is 2.52. The smallest absolute Gasteiger partial charge is 0.237 e. The van der Waals surface area contributed by atoms with Gasteiger partial charge in [-0.05, 0) is 40.1 Å². The normalized spacial score (nSPS) is 12.6. The van der Waals surface area contributed by atoms with E-state index in [4.69, 9.17) is 5.73 Å². The average molecular weight is 332 g/mol. The first-order valence-corrected chi connectivity index (χ1v) is 6.37. The van der Waals surface area contributed by atoms with Gasteiger partial charge in [-0.3, -0.25) is 4.79 Å². The van der Waals surface area contributed by atoms with Crippen LogP contribution in [-0.4, -0.2) is 11.9 Å². The van der Waals surface area contributed by atoms with Gasteiger partial charge in [0.25, 0.3) is 0 Å². The Morgan fingerprint density at radius 2 is 2.06 bits per heavy atom. The summed E-state index contributed by atoms with van der Waals surface area (Å²) < 4.78 is 1.15. The van der Waals surface area contributed by atoms with Gasteiger partial charge in [-0.15, -0.1) is 0 Å². The topological polar surface area (TPSA) is 55.1 Å². The lowest BCUT2D eigenvalue weighted by Gasteiger charge is -2.15. The Hall–Kier alpha value is -0.620. The fraction of sp³-hybridized carbons (Fsp3) is 0.417. The van der Waals surface area contributed by atoms with Crippen LogP contribution in [0, 0.1) is 9.49 Å². The first-order valence-electron chi connectivity index (χ1n) is 5.29. The predicted octanol–water partition coefficient (Wildman–Crippen LogP) is 1.89. The van der Waals surface area contributed by atoms with Crippen molar-refractivity contribution in [2.75, 3.05) is 0 Å². The Bertz CT molecular complexity index is 366. The summed E-state index contributed by atoms with van der Waals surface area (Å²) in [6, 6.07) is 7.54. The molecule has 0 radical (unpaired) electrons. The molecule has 0 aliphatic rings. The van der Waals surface area contributed by atoms with Gasteiger partial charge in [0.2, 0.25) is 5.91 Å². The van der Waals surface area contributed by atoms with Crippen molar-refractivity contribution in [1.29, 1.82) is 0 Å². The molecule has 1 rings (SSSR count). The molecule has 0 aliphatic heterocycles. The van der Waals surface area contributed by atoms with Gasteiger partial charge in [-0.25, -0.2) is 0 Å². The summed E-state index contributed by atoms with van der Waals surface area (Å²) in [6.45, 7) is 4.42. The Morgan fingerprint density at radius 1 is 1.44 bits per heavy atom. The van der Waals surface area contributed by atoms with E-state index in [-0.39, 0.29) is 11.8 Å². The molecule has 0 aromatic heterocycles. The van der Waals surface area contributed by atoms with E-state index in [9.17, 15) is 4.79 Å². The van der Waals surface area contributed by atoms with Crippen molar-refractivity contribution in [2.24, 2.45) is 11.7 Å². The van der Waals surface area contributed by atoms with Crippen LogP contribution in [-0.2, 0) is 11.3 Å². The maximum absolute atomic E-state index is 11.6. The van der Waals surface area contributed by atoms with E-state index >= 15 is 0 Å². The number of amides is 1. The standard InChI is InChI=1S/C12H17IN2O/c1-8(2)11(14)12(16)15-7-9-5-3-4-6-10(9)13/h3-6,8,11H,7,14H2,1-2H3,(H,15,16). The van der Waals surface area contributed by atoms with E-state index in [1.165, 1.54) is 0 Å². The summed E-state index contributed by atoms with van der Waals surface area (Å²) in [6.07, 6.45) is 0. The summed E-state index contributed by atoms with van der Waals surface area (Å²) >= 11 is 2.26. The van der Waals surface area contributed by atoms with Crippen molar-refractivity contribution in [1.82, 2.24) is 5.32 Å². The molecule has 0 aliphatic carbocycles. The van der Waals surface area contributed by atoms with E-state index in [0.717, 1.165) is 9.13 Å². The molecule has 0 saturated heterocycles. The van der Waals surface area contributed by atoms with Crippen LogP contribution in [0.1, 0.15) is 19.4 Å². The lowest BCUT2D eigenvalue weighted by atomic mass is 10.0. The van der Waals surface area contributed by atoms with Crippen LogP contribution in [0.15, 0.2) is 24.3 Å². The van der Waals surface area contributed by atoms with Crippen molar-refractivity contribution in [3.05, 3.63) is 33.4 Å². The molecular weight excluding hydrogens is 315 g/mol. The van der Waals surface area contributed by atoms with E-state index in [0.29, 0.717) is 6.54 Å². The van der Waals surface area contributed by atoms with Gasteiger partial charge in [0.05, 0.1) is 6.04 Å². The average Bonchev–Trinajstić information content (AvgIpc) is 2.26. The molecule has 16 heavy (non-hydrogen) atoms. The Labute approximate surface area is 110 Å². The lowest BCUT2D eigenvalue weighted by Crippen LogP contribution is -2.43. The van der Waals surface area contributed by atoms with Crippen molar-refractivity contribution in [3.63, 3.8) is 0 Å². The molecule has 1 unspecified atom stereocenters. The second-order valence-corrected chi connectivity index (χ2v) is 5.24. The van der Waals surface area contributed by atoms with Crippen LogP contribution in [0.3, 0.4) is 0 Å². The van der Waals surface area contributed by atoms with Crippen molar-refractivity contribution >= 4 is 28.5 Å². The summed E-state index contributed by atoms with van der Waals surface area (Å²) in [7, 11) is 0. The highest BCUT2D eigenvalue weighted by Crippen LogP contribution is 2.11.